The first-order valence-electron chi connectivity index (χ1n) is 11.7. The van der Waals surface area contributed by atoms with Crippen LogP contribution in [0.25, 0.3) is 0 Å². The van der Waals surface area contributed by atoms with Crippen LogP contribution in [-0.4, -0.2) is 64.8 Å². The van der Waals surface area contributed by atoms with Crippen LogP contribution in [0.5, 0.6) is 0 Å². The Balaban J connectivity index is 1.73. The molecule has 3 saturated heterocycles. The van der Waals surface area contributed by atoms with E-state index in [4.69, 9.17) is 33.7 Å². The number of aliphatic hydroxyl groups excluding tert-OH is 2. The summed E-state index contributed by atoms with van der Waals surface area (Å²) in [5.74, 6) is -2.10. The SMILES string of the molecule is CC12CC3N(C1)C(C(O)NCCC(CO)O2)C(c1cccc(Cl)c1F)C3(N)c1ccc(Cl)cc1F. The minimum Gasteiger partial charge on any atom is -0.394 e. The lowest BCUT2D eigenvalue weighted by Gasteiger charge is -2.41. The highest BCUT2D eigenvalue weighted by Gasteiger charge is 2.66. The van der Waals surface area contributed by atoms with Gasteiger partial charge in [0.25, 0.3) is 0 Å². The molecule has 3 aliphatic heterocycles. The third-order valence-electron chi connectivity index (χ3n) is 7.85. The van der Waals surface area contributed by atoms with E-state index in [1.807, 2.05) is 11.8 Å². The fourth-order valence-electron chi connectivity index (χ4n) is 6.47. The maximum Gasteiger partial charge on any atom is 0.145 e. The molecule has 190 valence electrons. The number of hydrogen-bond donors (Lipinski definition) is 4. The molecule has 0 saturated carbocycles. The highest BCUT2D eigenvalue weighted by atomic mass is 35.5. The number of fused-ring (bicyclic) bond motifs is 1. The lowest BCUT2D eigenvalue weighted by molar-refractivity contribution is -0.107. The first-order chi connectivity index (χ1) is 16.6. The molecule has 7 unspecified atom stereocenters. The van der Waals surface area contributed by atoms with Gasteiger partial charge in [-0.15, -0.1) is 0 Å². The molecule has 0 amide bonds. The summed E-state index contributed by atoms with van der Waals surface area (Å²) in [5.41, 5.74) is 5.44. The molecule has 0 aromatic heterocycles. The maximum absolute atomic E-state index is 15.5. The lowest BCUT2D eigenvalue weighted by Crippen LogP contribution is -2.55. The van der Waals surface area contributed by atoms with Gasteiger partial charge in [-0.05, 0) is 43.5 Å². The molecule has 0 radical (unpaired) electrons. The van der Waals surface area contributed by atoms with Crippen LogP contribution in [-0.2, 0) is 10.3 Å². The standard InChI is InChI=1S/C25H29Cl2F2N3O3/c1-24-10-19-25(30,16-6-5-13(26)9-18(16)28)20(15-3-2-4-17(27)21(15)29)22(32(19)12-24)23(34)31-8-7-14(11-33)35-24/h2-6,9,14,19-20,22-23,31,33-34H,7-8,10-12,30H2,1H3. The van der Waals surface area contributed by atoms with Gasteiger partial charge in [-0.25, -0.2) is 8.78 Å². The highest BCUT2D eigenvalue weighted by Crippen LogP contribution is 2.57. The van der Waals surface area contributed by atoms with Crippen molar-refractivity contribution in [3.05, 3.63) is 69.2 Å². The molecule has 5 N–H and O–H groups in total. The second-order valence-corrected chi connectivity index (χ2v) is 11.0. The normalized spacial score (nSPS) is 37.5. The van der Waals surface area contributed by atoms with Gasteiger partial charge in [-0.3, -0.25) is 10.2 Å². The van der Waals surface area contributed by atoms with E-state index in [-0.39, 0.29) is 27.8 Å². The van der Waals surface area contributed by atoms with Crippen molar-refractivity contribution in [2.45, 2.75) is 61.2 Å². The van der Waals surface area contributed by atoms with Gasteiger partial charge >= 0.3 is 0 Å². The van der Waals surface area contributed by atoms with Crippen molar-refractivity contribution >= 4 is 23.2 Å². The monoisotopic (exact) mass is 527 g/mol. The summed E-state index contributed by atoms with van der Waals surface area (Å²) in [6.45, 7) is 2.48. The Bertz CT molecular complexity index is 1130. The summed E-state index contributed by atoms with van der Waals surface area (Å²) in [4.78, 5) is 2.00. The van der Waals surface area contributed by atoms with E-state index >= 15 is 8.78 Å². The second-order valence-electron chi connectivity index (χ2n) is 10.1. The highest BCUT2D eigenvalue weighted by molar-refractivity contribution is 6.31. The number of hydrogen-bond acceptors (Lipinski definition) is 6. The largest absolute Gasteiger partial charge is 0.394 e. The first-order valence-corrected chi connectivity index (χ1v) is 12.5. The van der Waals surface area contributed by atoms with Crippen molar-refractivity contribution in [1.82, 2.24) is 10.2 Å². The van der Waals surface area contributed by atoms with E-state index in [1.54, 1.807) is 18.2 Å². The molecule has 3 heterocycles. The number of nitrogens with one attached hydrogen (secondary N) is 1. The Morgan fingerprint density at radius 3 is 2.74 bits per heavy atom. The van der Waals surface area contributed by atoms with Gasteiger partial charge in [0, 0.05) is 35.6 Å². The molecule has 2 aromatic carbocycles. The van der Waals surface area contributed by atoms with Gasteiger partial charge < -0.3 is 20.7 Å². The average molecular weight is 528 g/mol. The van der Waals surface area contributed by atoms with E-state index in [2.05, 4.69) is 5.32 Å². The van der Waals surface area contributed by atoms with E-state index in [9.17, 15) is 10.2 Å². The third-order valence-corrected chi connectivity index (χ3v) is 8.37. The van der Waals surface area contributed by atoms with Gasteiger partial charge in [-0.2, -0.15) is 0 Å². The maximum atomic E-state index is 15.5. The number of ether oxygens (including phenoxy) is 1. The van der Waals surface area contributed by atoms with E-state index in [1.165, 1.54) is 18.2 Å². The van der Waals surface area contributed by atoms with Gasteiger partial charge in [0.2, 0.25) is 0 Å². The minimum atomic E-state index is -1.46. The van der Waals surface area contributed by atoms with Crippen LogP contribution in [0.2, 0.25) is 10.0 Å². The molecule has 2 bridgehead atoms. The van der Waals surface area contributed by atoms with Gasteiger partial charge in [-0.1, -0.05) is 41.4 Å². The van der Waals surface area contributed by atoms with Crippen LogP contribution < -0.4 is 11.1 Å². The number of nitrogens with zero attached hydrogens (tertiary/aromatic N) is 1. The third kappa shape index (κ3) is 4.08. The summed E-state index contributed by atoms with van der Waals surface area (Å²) >= 11 is 12.2. The zero-order chi connectivity index (χ0) is 25.1. The number of halogens is 4. The van der Waals surface area contributed by atoms with Crippen molar-refractivity contribution in [2.75, 3.05) is 19.7 Å². The summed E-state index contributed by atoms with van der Waals surface area (Å²) in [6.07, 6.45) is -0.668. The predicted molar refractivity (Wildman–Crippen MR) is 129 cm³/mol. The molecule has 3 aliphatic rings. The van der Waals surface area contributed by atoms with Crippen molar-refractivity contribution < 1.29 is 23.7 Å². The van der Waals surface area contributed by atoms with Crippen LogP contribution in [0.15, 0.2) is 36.4 Å². The fourth-order valence-corrected chi connectivity index (χ4v) is 6.81. The van der Waals surface area contributed by atoms with Crippen LogP contribution in [0.3, 0.4) is 0 Å². The lowest BCUT2D eigenvalue weighted by atomic mass is 9.69. The molecule has 7 atom stereocenters. The quantitative estimate of drug-likeness (QED) is 0.490. The van der Waals surface area contributed by atoms with Gasteiger partial charge in [0.15, 0.2) is 0 Å². The number of aliphatic hydroxyl groups is 2. The zero-order valence-corrected chi connectivity index (χ0v) is 20.7. The summed E-state index contributed by atoms with van der Waals surface area (Å²) in [5, 5.41) is 24.4. The molecule has 0 aliphatic carbocycles. The average Bonchev–Trinajstić information content (AvgIpc) is 3.25. The Hall–Kier alpha value is -1.36. The molecule has 35 heavy (non-hydrogen) atoms. The molecule has 3 fully saturated rings. The Morgan fingerprint density at radius 1 is 1.26 bits per heavy atom. The van der Waals surface area contributed by atoms with Crippen LogP contribution in [0.1, 0.15) is 36.8 Å². The Kier molecular flexibility index (Phi) is 6.64. The van der Waals surface area contributed by atoms with Crippen molar-refractivity contribution in [1.29, 1.82) is 0 Å². The van der Waals surface area contributed by atoms with Gasteiger partial charge in [0.1, 0.15) is 17.9 Å². The van der Waals surface area contributed by atoms with Gasteiger partial charge in [0.05, 0.1) is 34.9 Å². The molecule has 0 spiro atoms. The zero-order valence-electron chi connectivity index (χ0n) is 19.2. The number of nitrogens with two attached hydrogens (primary N) is 1. The van der Waals surface area contributed by atoms with E-state index in [0.717, 1.165) is 0 Å². The smallest absolute Gasteiger partial charge is 0.145 e. The van der Waals surface area contributed by atoms with Crippen LogP contribution in [0.4, 0.5) is 8.78 Å². The fraction of sp³-hybridized carbons (Fsp3) is 0.520. The molecule has 6 nitrogen and oxygen atoms in total. The second kappa shape index (κ2) is 9.19. The molecular weight excluding hydrogens is 499 g/mol. The summed E-state index contributed by atoms with van der Waals surface area (Å²) in [7, 11) is 0. The predicted octanol–water partition coefficient (Wildman–Crippen LogP) is 3.11. The Labute approximate surface area is 213 Å². The number of benzene rings is 2. The molecule has 2 aromatic rings. The molecule has 10 heteroatoms. The molecule has 5 rings (SSSR count). The van der Waals surface area contributed by atoms with Crippen LogP contribution in [0, 0.1) is 11.6 Å². The summed E-state index contributed by atoms with van der Waals surface area (Å²) in [6, 6.07) is 7.73. The topological polar surface area (TPSA) is 91.0 Å². The van der Waals surface area contributed by atoms with E-state index < -0.39 is 53.1 Å². The molecular formula is C25H29Cl2F2N3O3. The first kappa shape index (κ1) is 25.3. The van der Waals surface area contributed by atoms with Crippen molar-refractivity contribution in [3.63, 3.8) is 0 Å². The van der Waals surface area contributed by atoms with Crippen LogP contribution >= 0.6 is 23.2 Å². The van der Waals surface area contributed by atoms with E-state index in [0.29, 0.717) is 25.9 Å². The van der Waals surface area contributed by atoms with Crippen molar-refractivity contribution in [3.8, 4) is 0 Å². The minimum absolute atomic E-state index is 0.0743. The Morgan fingerprint density at radius 2 is 2.03 bits per heavy atom. The van der Waals surface area contributed by atoms with Crippen molar-refractivity contribution in [2.24, 2.45) is 5.73 Å². The summed E-state index contributed by atoms with van der Waals surface area (Å²) < 4.78 is 37.4. The number of rotatable bonds is 3.